The van der Waals surface area contributed by atoms with Gasteiger partial charge < -0.3 is 15.0 Å². The lowest BCUT2D eigenvalue weighted by atomic mass is 10.1. The predicted molar refractivity (Wildman–Crippen MR) is 143 cm³/mol. The number of ether oxygens (including phenoxy) is 1. The van der Waals surface area contributed by atoms with E-state index in [1.54, 1.807) is 13.8 Å². The van der Waals surface area contributed by atoms with Gasteiger partial charge in [-0.2, -0.15) is 0 Å². The molecule has 4 rings (SSSR count). The molecule has 3 aromatic carbocycles. The van der Waals surface area contributed by atoms with Crippen molar-refractivity contribution >= 4 is 44.8 Å². The number of nitrogens with one attached hydrogen (secondary N) is 1. The summed E-state index contributed by atoms with van der Waals surface area (Å²) in [6, 6.07) is 23.5. The first kappa shape index (κ1) is 24.6. The summed E-state index contributed by atoms with van der Waals surface area (Å²) in [5.74, 6) is 0.448. The van der Waals surface area contributed by atoms with Gasteiger partial charge in [0.05, 0.1) is 0 Å². The van der Waals surface area contributed by atoms with Crippen LogP contribution in [0.3, 0.4) is 0 Å². The Labute approximate surface area is 214 Å². The van der Waals surface area contributed by atoms with Crippen LogP contribution in [-0.2, 0) is 11.3 Å². The number of benzene rings is 3. The van der Waals surface area contributed by atoms with Crippen molar-refractivity contribution < 1.29 is 9.53 Å². The Morgan fingerprint density at radius 1 is 0.971 bits per heavy atom. The van der Waals surface area contributed by atoms with E-state index in [1.165, 1.54) is 5.56 Å². The zero-order chi connectivity index (χ0) is 24.1. The number of anilines is 2. The summed E-state index contributed by atoms with van der Waals surface area (Å²) in [4.78, 5) is 17.6. The molecule has 0 saturated carbocycles. The number of carbonyl (C=O) groups is 1. The van der Waals surface area contributed by atoms with Crippen molar-refractivity contribution in [3.05, 3.63) is 87.9 Å². The number of nitrogens with zero attached hydrogens (tertiary/aromatic N) is 2. The highest BCUT2D eigenvalue weighted by atomic mass is 79.9. The van der Waals surface area contributed by atoms with Crippen LogP contribution in [0.15, 0.2) is 77.3 Å². The third-order valence-electron chi connectivity index (χ3n) is 5.95. The first-order valence-electron chi connectivity index (χ1n) is 11.4. The first-order chi connectivity index (χ1) is 16.3. The summed E-state index contributed by atoms with van der Waals surface area (Å²) < 4.78 is 6.88. The molecule has 0 bridgehead atoms. The Hall–Kier alpha value is -2.54. The van der Waals surface area contributed by atoms with Crippen LogP contribution in [-0.4, -0.2) is 42.6 Å². The first-order valence-corrected chi connectivity index (χ1v) is 12.5. The molecule has 1 saturated heterocycles. The van der Waals surface area contributed by atoms with E-state index in [9.17, 15) is 4.79 Å². The largest absolute Gasteiger partial charge is 0.478 e. The number of halogens is 2. The molecule has 1 heterocycles. The average Bonchev–Trinajstić information content (AvgIpc) is 2.83. The highest BCUT2D eigenvalue weighted by Crippen LogP contribution is 2.25. The molecule has 1 fully saturated rings. The predicted octanol–water partition coefficient (Wildman–Crippen LogP) is 6.22. The zero-order valence-electron chi connectivity index (χ0n) is 19.4. The lowest BCUT2D eigenvalue weighted by molar-refractivity contribution is -0.128. The molecule has 178 valence electrons. The number of amides is 1. The molecule has 1 amide bonds. The zero-order valence-corrected chi connectivity index (χ0v) is 21.8. The van der Waals surface area contributed by atoms with E-state index < -0.39 is 5.60 Å². The number of hydrogen-bond acceptors (Lipinski definition) is 4. The van der Waals surface area contributed by atoms with E-state index in [0.29, 0.717) is 5.75 Å². The summed E-state index contributed by atoms with van der Waals surface area (Å²) in [6.45, 7) is 8.25. The molecule has 1 aliphatic heterocycles. The Bertz CT molecular complexity index is 1110. The maximum atomic E-state index is 12.8. The molecule has 0 atom stereocenters. The quantitative estimate of drug-likeness (QED) is 0.385. The molecule has 7 heteroatoms. The number of carbonyl (C=O) groups excluding carboxylic acids is 1. The van der Waals surface area contributed by atoms with Gasteiger partial charge in [-0.05, 0) is 74.0 Å². The molecule has 0 spiro atoms. The van der Waals surface area contributed by atoms with Gasteiger partial charge in [0.25, 0.3) is 5.91 Å². The molecule has 5 nitrogen and oxygen atoms in total. The van der Waals surface area contributed by atoms with Crippen molar-refractivity contribution in [3.8, 4) is 5.75 Å². The van der Waals surface area contributed by atoms with Crippen LogP contribution in [0, 0.1) is 0 Å². The molecule has 0 unspecified atom stereocenters. The molecule has 0 radical (unpaired) electrons. The smallest absolute Gasteiger partial charge is 0.267 e. The summed E-state index contributed by atoms with van der Waals surface area (Å²) in [7, 11) is 0. The van der Waals surface area contributed by atoms with E-state index in [-0.39, 0.29) is 5.91 Å². The van der Waals surface area contributed by atoms with E-state index in [2.05, 4.69) is 49.2 Å². The summed E-state index contributed by atoms with van der Waals surface area (Å²) in [5.41, 5.74) is 2.06. The highest BCUT2D eigenvalue weighted by Gasteiger charge is 2.30. The minimum absolute atomic E-state index is 0.198. The van der Waals surface area contributed by atoms with Crippen LogP contribution in [0.5, 0.6) is 5.75 Å². The fraction of sp³-hybridized carbons (Fsp3) is 0.296. The van der Waals surface area contributed by atoms with Gasteiger partial charge in [0, 0.05) is 53.6 Å². The standard InChI is InChI=1S/C27H29BrClN3O2/c1-27(2,34-24-13-7-21(28)8-14-24)26(33)30-22-9-11-23(12-10-22)32-17-15-31(16-18-32)19-20-5-3-4-6-25(20)29/h3-14H,15-19H2,1-2H3,(H,30,33). The maximum absolute atomic E-state index is 12.8. The van der Waals surface area contributed by atoms with Crippen molar-refractivity contribution in [3.63, 3.8) is 0 Å². The van der Waals surface area contributed by atoms with E-state index in [4.69, 9.17) is 16.3 Å². The van der Waals surface area contributed by atoms with Crippen molar-refractivity contribution in [2.45, 2.75) is 26.0 Å². The Kier molecular flexibility index (Phi) is 7.81. The third-order valence-corrected chi connectivity index (χ3v) is 6.85. The van der Waals surface area contributed by atoms with Gasteiger partial charge in [0.1, 0.15) is 5.75 Å². The van der Waals surface area contributed by atoms with Crippen molar-refractivity contribution in [1.82, 2.24) is 4.90 Å². The number of rotatable bonds is 7. The average molecular weight is 543 g/mol. The molecule has 34 heavy (non-hydrogen) atoms. The van der Waals surface area contributed by atoms with Crippen LogP contribution in [0.1, 0.15) is 19.4 Å². The van der Waals surface area contributed by atoms with Crippen molar-refractivity contribution in [2.75, 3.05) is 36.4 Å². The lowest BCUT2D eigenvalue weighted by Crippen LogP contribution is -2.46. The highest BCUT2D eigenvalue weighted by molar-refractivity contribution is 9.10. The van der Waals surface area contributed by atoms with Gasteiger partial charge in [-0.25, -0.2) is 0 Å². The lowest BCUT2D eigenvalue weighted by Gasteiger charge is -2.36. The van der Waals surface area contributed by atoms with E-state index >= 15 is 0 Å². The number of hydrogen-bond donors (Lipinski definition) is 1. The minimum atomic E-state index is -1.01. The fourth-order valence-electron chi connectivity index (χ4n) is 3.91. The summed E-state index contributed by atoms with van der Waals surface area (Å²) >= 11 is 9.72. The molecule has 1 N–H and O–H groups in total. The summed E-state index contributed by atoms with van der Waals surface area (Å²) in [5, 5.41) is 3.80. The second-order valence-corrected chi connectivity index (χ2v) is 10.2. The van der Waals surface area contributed by atoms with E-state index in [1.807, 2.05) is 54.6 Å². The Morgan fingerprint density at radius 3 is 2.26 bits per heavy atom. The second kappa shape index (κ2) is 10.8. The Balaban J connectivity index is 1.29. The van der Waals surface area contributed by atoms with Gasteiger partial charge in [0.2, 0.25) is 0 Å². The molecular weight excluding hydrogens is 514 g/mol. The van der Waals surface area contributed by atoms with Gasteiger partial charge in [0.15, 0.2) is 5.60 Å². The van der Waals surface area contributed by atoms with Crippen LogP contribution < -0.4 is 15.0 Å². The molecule has 0 aliphatic carbocycles. The van der Waals surface area contributed by atoms with Crippen molar-refractivity contribution in [2.24, 2.45) is 0 Å². The molecular formula is C27H29BrClN3O2. The maximum Gasteiger partial charge on any atom is 0.267 e. The van der Waals surface area contributed by atoms with Crippen LogP contribution in [0.25, 0.3) is 0 Å². The van der Waals surface area contributed by atoms with Crippen LogP contribution in [0.2, 0.25) is 5.02 Å². The fourth-order valence-corrected chi connectivity index (χ4v) is 4.37. The van der Waals surface area contributed by atoms with Gasteiger partial charge in [-0.15, -0.1) is 0 Å². The summed E-state index contributed by atoms with van der Waals surface area (Å²) in [6.07, 6.45) is 0. The monoisotopic (exact) mass is 541 g/mol. The normalized spacial score (nSPS) is 14.6. The van der Waals surface area contributed by atoms with Gasteiger partial charge >= 0.3 is 0 Å². The van der Waals surface area contributed by atoms with Crippen LogP contribution in [0.4, 0.5) is 11.4 Å². The minimum Gasteiger partial charge on any atom is -0.478 e. The SMILES string of the molecule is CC(C)(Oc1ccc(Br)cc1)C(=O)Nc1ccc(N2CCN(Cc3ccccc3Cl)CC2)cc1. The van der Waals surface area contributed by atoms with Gasteiger partial charge in [-0.3, -0.25) is 9.69 Å². The topological polar surface area (TPSA) is 44.8 Å². The number of piperazine rings is 1. The van der Waals surface area contributed by atoms with Crippen molar-refractivity contribution in [1.29, 1.82) is 0 Å². The third kappa shape index (κ3) is 6.32. The second-order valence-electron chi connectivity index (χ2n) is 8.92. The van der Waals surface area contributed by atoms with E-state index in [0.717, 1.165) is 53.6 Å². The van der Waals surface area contributed by atoms with Gasteiger partial charge in [-0.1, -0.05) is 45.7 Å². The molecule has 3 aromatic rings. The molecule has 0 aromatic heterocycles. The van der Waals surface area contributed by atoms with Crippen LogP contribution >= 0.6 is 27.5 Å². The Morgan fingerprint density at radius 2 is 1.62 bits per heavy atom. The molecule has 1 aliphatic rings.